The second kappa shape index (κ2) is 4.98. The Morgan fingerprint density at radius 3 is 2.67 bits per heavy atom. The Balaban J connectivity index is 2.33. The highest BCUT2D eigenvalue weighted by Crippen LogP contribution is 2.29. The Morgan fingerprint density at radius 2 is 2.11 bits per heavy atom. The number of rotatable bonds is 3. The SMILES string of the molecule is N#Cc1ccc(OS(=O)(=O)c2cccs2)c(Cl)c1. The molecule has 0 radical (unpaired) electrons. The molecule has 0 spiro atoms. The van der Waals surface area contributed by atoms with Crippen molar-refractivity contribution >= 4 is 33.1 Å². The van der Waals surface area contributed by atoms with Crippen molar-refractivity contribution in [3.05, 3.63) is 46.3 Å². The van der Waals surface area contributed by atoms with E-state index in [1.165, 1.54) is 24.3 Å². The van der Waals surface area contributed by atoms with E-state index in [4.69, 9.17) is 21.0 Å². The van der Waals surface area contributed by atoms with Gasteiger partial charge in [0.05, 0.1) is 16.7 Å². The third kappa shape index (κ3) is 2.64. The number of hydrogen-bond acceptors (Lipinski definition) is 5. The number of thiophene rings is 1. The molecule has 0 aliphatic rings. The molecule has 0 N–H and O–H groups in total. The van der Waals surface area contributed by atoms with Crippen molar-refractivity contribution in [3.8, 4) is 11.8 Å². The van der Waals surface area contributed by atoms with Crippen molar-refractivity contribution in [2.45, 2.75) is 4.21 Å². The van der Waals surface area contributed by atoms with Crippen molar-refractivity contribution in [1.29, 1.82) is 5.26 Å². The van der Waals surface area contributed by atoms with Crippen LogP contribution in [0.2, 0.25) is 5.02 Å². The Bertz CT molecular complexity index is 702. The van der Waals surface area contributed by atoms with Gasteiger partial charge in [0.2, 0.25) is 0 Å². The molecule has 0 aliphatic carbocycles. The molecule has 0 saturated heterocycles. The minimum atomic E-state index is -3.86. The van der Waals surface area contributed by atoms with Crippen LogP contribution in [0.1, 0.15) is 5.56 Å². The van der Waals surface area contributed by atoms with Crippen molar-refractivity contribution in [3.63, 3.8) is 0 Å². The standard InChI is InChI=1S/C11H6ClNO3S2/c12-9-6-8(7-13)3-4-10(9)16-18(14,15)11-2-1-5-17-11/h1-6H. The van der Waals surface area contributed by atoms with Crippen LogP contribution in [0.15, 0.2) is 39.9 Å². The number of benzene rings is 1. The molecule has 0 unspecified atom stereocenters. The van der Waals surface area contributed by atoms with Crippen LogP contribution < -0.4 is 4.18 Å². The molecule has 1 heterocycles. The van der Waals surface area contributed by atoms with Crippen molar-refractivity contribution in [2.24, 2.45) is 0 Å². The topological polar surface area (TPSA) is 67.2 Å². The van der Waals surface area contributed by atoms with E-state index in [-0.39, 0.29) is 15.0 Å². The van der Waals surface area contributed by atoms with Gasteiger partial charge in [0, 0.05) is 0 Å². The maximum atomic E-state index is 11.8. The minimum absolute atomic E-state index is 0.00377. The summed E-state index contributed by atoms with van der Waals surface area (Å²) in [6.45, 7) is 0. The number of nitrogens with zero attached hydrogens (tertiary/aromatic N) is 1. The highest BCUT2D eigenvalue weighted by molar-refractivity contribution is 7.89. The fourth-order valence-corrected chi connectivity index (χ4v) is 3.37. The molecule has 0 fully saturated rings. The van der Waals surface area contributed by atoms with Gasteiger partial charge in [0.15, 0.2) is 9.96 Å². The molecule has 7 heteroatoms. The highest BCUT2D eigenvalue weighted by atomic mass is 35.5. The predicted molar refractivity (Wildman–Crippen MR) is 68.3 cm³/mol. The summed E-state index contributed by atoms with van der Waals surface area (Å²) in [5.41, 5.74) is 0.334. The summed E-state index contributed by atoms with van der Waals surface area (Å²) in [5.74, 6) is 0.00377. The molecule has 4 nitrogen and oxygen atoms in total. The molecule has 0 saturated carbocycles. The summed E-state index contributed by atoms with van der Waals surface area (Å²) in [5, 5.41) is 10.4. The van der Waals surface area contributed by atoms with E-state index in [2.05, 4.69) is 0 Å². The van der Waals surface area contributed by atoms with Gasteiger partial charge in [-0.15, -0.1) is 11.3 Å². The summed E-state index contributed by atoms with van der Waals surface area (Å²) in [4.78, 5) is 0. The molecule has 92 valence electrons. The van der Waals surface area contributed by atoms with Crippen LogP contribution >= 0.6 is 22.9 Å². The summed E-state index contributed by atoms with van der Waals surface area (Å²) < 4.78 is 28.7. The number of halogens is 1. The van der Waals surface area contributed by atoms with Gasteiger partial charge < -0.3 is 4.18 Å². The Kier molecular flexibility index (Phi) is 3.57. The molecule has 0 bridgehead atoms. The maximum Gasteiger partial charge on any atom is 0.348 e. The fraction of sp³-hybridized carbons (Fsp3) is 0. The van der Waals surface area contributed by atoms with Gasteiger partial charge in [0.1, 0.15) is 0 Å². The lowest BCUT2D eigenvalue weighted by atomic mass is 10.2. The summed E-state index contributed by atoms with van der Waals surface area (Å²) >= 11 is 6.89. The molecular formula is C11H6ClNO3S2. The van der Waals surface area contributed by atoms with Crippen LogP contribution in [-0.4, -0.2) is 8.42 Å². The van der Waals surface area contributed by atoms with Gasteiger partial charge in [-0.1, -0.05) is 17.7 Å². The second-order valence-corrected chi connectivity index (χ2v) is 6.35. The number of nitriles is 1. The van der Waals surface area contributed by atoms with E-state index < -0.39 is 10.1 Å². The van der Waals surface area contributed by atoms with Gasteiger partial charge in [-0.3, -0.25) is 0 Å². The molecule has 2 rings (SSSR count). The Hall–Kier alpha value is -1.55. The summed E-state index contributed by atoms with van der Waals surface area (Å²) in [6.07, 6.45) is 0. The molecule has 2 aromatic rings. The van der Waals surface area contributed by atoms with Crippen molar-refractivity contribution in [1.82, 2.24) is 0 Å². The Morgan fingerprint density at radius 1 is 1.33 bits per heavy atom. The normalized spacial score (nSPS) is 10.9. The molecule has 0 atom stereocenters. The van der Waals surface area contributed by atoms with E-state index in [9.17, 15) is 8.42 Å². The van der Waals surface area contributed by atoms with Crippen molar-refractivity contribution < 1.29 is 12.6 Å². The highest BCUT2D eigenvalue weighted by Gasteiger charge is 2.19. The zero-order valence-corrected chi connectivity index (χ0v) is 11.2. The lowest BCUT2D eigenvalue weighted by Gasteiger charge is -2.06. The van der Waals surface area contributed by atoms with E-state index >= 15 is 0 Å². The summed E-state index contributed by atoms with van der Waals surface area (Å²) in [7, 11) is -3.86. The molecule has 1 aromatic heterocycles. The largest absolute Gasteiger partial charge is 0.377 e. The van der Waals surface area contributed by atoms with E-state index in [0.717, 1.165) is 11.3 Å². The molecular weight excluding hydrogens is 294 g/mol. The first-order valence-corrected chi connectivity index (χ1v) is 7.37. The van der Waals surface area contributed by atoms with E-state index in [0.29, 0.717) is 5.56 Å². The van der Waals surface area contributed by atoms with Gasteiger partial charge in [-0.05, 0) is 29.6 Å². The fourth-order valence-electron chi connectivity index (χ4n) is 1.20. The zero-order chi connectivity index (χ0) is 13.2. The minimum Gasteiger partial charge on any atom is -0.377 e. The lowest BCUT2D eigenvalue weighted by molar-refractivity contribution is 0.488. The average molecular weight is 300 g/mol. The van der Waals surface area contributed by atoms with E-state index in [1.54, 1.807) is 11.4 Å². The van der Waals surface area contributed by atoms with Crippen LogP contribution in [0.3, 0.4) is 0 Å². The third-order valence-corrected chi connectivity index (χ3v) is 4.89. The first kappa shape index (κ1) is 12.9. The van der Waals surface area contributed by atoms with E-state index in [1.807, 2.05) is 6.07 Å². The molecule has 0 aliphatic heterocycles. The molecule has 1 aromatic carbocycles. The van der Waals surface area contributed by atoms with Crippen LogP contribution in [0.25, 0.3) is 0 Å². The maximum absolute atomic E-state index is 11.8. The molecule has 18 heavy (non-hydrogen) atoms. The van der Waals surface area contributed by atoms with Crippen LogP contribution in [-0.2, 0) is 10.1 Å². The van der Waals surface area contributed by atoms with Gasteiger partial charge >= 0.3 is 10.1 Å². The van der Waals surface area contributed by atoms with Crippen LogP contribution in [0, 0.1) is 11.3 Å². The summed E-state index contributed by atoms with van der Waals surface area (Å²) in [6, 6.07) is 9.09. The Labute approximate surface area is 113 Å². The van der Waals surface area contributed by atoms with Crippen LogP contribution in [0.5, 0.6) is 5.75 Å². The average Bonchev–Trinajstić information content (AvgIpc) is 2.86. The van der Waals surface area contributed by atoms with Crippen molar-refractivity contribution in [2.75, 3.05) is 0 Å². The van der Waals surface area contributed by atoms with Crippen LogP contribution in [0.4, 0.5) is 0 Å². The third-order valence-electron chi connectivity index (χ3n) is 2.00. The van der Waals surface area contributed by atoms with Gasteiger partial charge in [0.25, 0.3) is 0 Å². The first-order valence-electron chi connectivity index (χ1n) is 4.70. The number of hydrogen-bond donors (Lipinski definition) is 0. The predicted octanol–water partition coefficient (Wildman–Crippen LogP) is 3.04. The smallest absolute Gasteiger partial charge is 0.348 e. The van der Waals surface area contributed by atoms with Gasteiger partial charge in [-0.2, -0.15) is 13.7 Å². The molecule has 0 amide bonds. The first-order chi connectivity index (χ1) is 8.53. The monoisotopic (exact) mass is 299 g/mol. The second-order valence-electron chi connectivity index (χ2n) is 3.23. The quantitative estimate of drug-likeness (QED) is 0.817. The lowest BCUT2D eigenvalue weighted by Crippen LogP contribution is -2.08. The van der Waals surface area contributed by atoms with Gasteiger partial charge in [-0.25, -0.2) is 0 Å². The zero-order valence-electron chi connectivity index (χ0n) is 8.83.